The number of carbonyl (C=O) groups is 2. The first-order chi connectivity index (χ1) is 8.52. The van der Waals surface area contributed by atoms with Crippen molar-refractivity contribution in [1.82, 2.24) is 0 Å². The smallest absolute Gasteiger partial charge is 0.0724 e. The zero-order chi connectivity index (χ0) is 13.7. The molecule has 0 N–H and O–H groups in total. The van der Waals surface area contributed by atoms with Gasteiger partial charge in [0.15, 0.2) is 0 Å². The predicted octanol–water partition coefficient (Wildman–Crippen LogP) is 0.319. The standard InChI is InChI=1S/C14H18O4/c1-3-5-6-9-7-8-11(13(15)16)12(14(17)18)10(9)4-2/h7-8H,3-6H2,1-2H3,(H,15,16)(H,17,18)/p-2. The van der Waals surface area contributed by atoms with E-state index in [-0.39, 0.29) is 11.1 Å². The van der Waals surface area contributed by atoms with Gasteiger partial charge in [-0.05, 0) is 30.4 Å². The maximum absolute atomic E-state index is 11.1. The van der Waals surface area contributed by atoms with Crippen molar-refractivity contribution < 1.29 is 19.8 Å². The van der Waals surface area contributed by atoms with Crippen molar-refractivity contribution in [1.29, 1.82) is 0 Å². The second-order valence-corrected chi connectivity index (χ2v) is 4.16. The Balaban J connectivity index is 3.38. The molecule has 0 aromatic heterocycles. The minimum absolute atomic E-state index is 0.230. The van der Waals surface area contributed by atoms with Gasteiger partial charge in [-0.1, -0.05) is 32.4 Å². The Labute approximate surface area is 106 Å². The third kappa shape index (κ3) is 2.88. The van der Waals surface area contributed by atoms with Crippen LogP contribution in [0.2, 0.25) is 0 Å². The maximum Gasteiger partial charge on any atom is 0.0724 e. The maximum atomic E-state index is 11.1. The second-order valence-electron chi connectivity index (χ2n) is 4.16. The van der Waals surface area contributed by atoms with Crippen molar-refractivity contribution in [3.05, 3.63) is 34.4 Å². The number of carbonyl (C=O) groups excluding carboxylic acids is 2. The zero-order valence-corrected chi connectivity index (χ0v) is 10.6. The van der Waals surface area contributed by atoms with Crippen molar-refractivity contribution in [2.45, 2.75) is 39.5 Å². The molecule has 0 spiro atoms. The Morgan fingerprint density at radius 1 is 1.11 bits per heavy atom. The van der Waals surface area contributed by atoms with E-state index in [0.29, 0.717) is 12.0 Å². The first kappa shape index (κ1) is 14.2. The predicted molar refractivity (Wildman–Crippen MR) is 63.1 cm³/mol. The summed E-state index contributed by atoms with van der Waals surface area (Å²) in [5, 5.41) is 22.0. The van der Waals surface area contributed by atoms with Gasteiger partial charge in [0.25, 0.3) is 0 Å². The van der Waals surface area contributed by atoms with E-state index in [1.165, 1.54) is 6.07 Å². The number of unbranched alkanes of at least 4 members (excludes halogenated alkanes) is 1. The molecule has 1 aromatic carbocycles. The topological polar surface area (TPSA) is 80.3 Å². The van der Waals surface area contributed by atoms with Gasteiger partial charge in [0.05, 0.1) is 11.9 Å². The van der Waals surface area contributed by atoms with Gasteiger partial charge in [0.2, 0.25) is 0 Å². The molecule has 4 nitrogen and oxygen atoms in total. The minimum Gasteiger partial charge on any atom is -0.545 e. The number of carboxylic acid groups (broad SMARTS) is 2. The third-order valence-corrected chi connectivity index (χ3v) is 2.99. The molecule has 0 saturated carbocycles. The van der Waals surface area contributed by atoms with Gasteiger partial charge in [-0.15, -0.1) is 0 Å². The van der Waals surface area contributed by atoms with E-state index in [2.05, 4.69) is 0 Å². The number of carboxylic acids is 2. The van der Waals surface area contributed by atoms with Crippen molar-refractivity contribution in [3.63, 3.8) is 0 Å². The van der Waals surface area contributed by atoms with Crippen LogP contribution in [0.25, 0.3) is 0 Å². The quantitative estimate of drug-likeness (QED) is 0.726. The molecule has 0 amide bonds. The zero-order valence-electron chi connectivity index (χ0n) is 10.6. The largest absolute Gasteiger partial charge is 0.545 e. The molecule has 4 heteroatoms. The molecule has 1 rings (SSSR count). The average Bonchev–Trinajstić information content (AvgIpc) is 2.34. The van der Waals surface area contributed by atoms with Gasteiger partial charge < -0.3 is 19.8 Å². The van der Waals surface area contributed by atoms with E-state index in [9.17, 15) is 19.8 Å². The van der Waals surface area contributed by atoms with Crippen molar-refractivity contribution in [2.75, 3.05) is 0 Å². The first-order valence-corrected chi connectivity index (χ1v) is 6.10. The van der Waals surface area contributed by atoms with Gasteiger partial charge in [-0.2, -0.15) is 0 Å². The molecule has 0 atom stereocenters. The molecule has 0 unspecified atom stereocenters. The first-order valence-electron chi connectivity index (χ1n) is 6.10. The minimum atomic E-state index is -1.48. The lowest BCUT2D eigenvalue weighted by Gasteiger charge is -2.19. The summed E-state index contributed by atoms with van der Waals surface area (Å²) in [6.45, 7) is 3.84. The Bertz CT molecular complexity index is 463. The van der Waals surface area contributed by atoms with E-state index in [4.69, 9.17) is 0 Å². The number of rotatable bonds is 6. The lowest BCUT2D eigenvalue weighted by molar-refractivity contribution is -0.259. The van der Waals surface area contributed by atoms with Crippen LogP contribution in [0.1, 0.15) is 58.5 Å². The molecule has 0 saturated heterocycles. The Hall–Kier alpha value is -1.84. The summed E-state index contributed by atoms with van der Waals surface area (Å²) in [5.74, 6) is -2.93. The van der Waals surface area contributed by atoms with Crippen LogP contribution in [-0.4, -0.2) is 11.9 Å². The van der Waals surface area contributed by atoms with Crippen LogP contribution >= 0.6 is 0 Å². The Morgan fingerprint density at radius 2 is 1.78 bits per heavy atom. The third-order valence-electron chi connectivity index (χ3n) is 2.99. The van der Waals surface area contributed by atoms with Crippen LogP contribution in [0.15, 0.2) is 12.1 Å². The summed E-state index contributed by atoms with van der Waals surface area (Å²) >= 11 is 0. The van der Waals surface area contributed by atoms with E-state index >= 15 is 0 Å². The van der Waals surface area contributed by atoms with Crippen molar-refractivity contribution in [3.8, 4) is 0 Å². The fourth-order valence-electron chi connectivity index (χ4n) is 2.10. The number of benzene rings is 1. The molecule has 0 fully saturated rings. The number of hydrogen-bond donors (Lipinski definition) is 0. The summed E-state index contributed by atoms with van der Waals surface area (Å²) in [4.78, 5) is 22.0. The summed E-state index contributed by atoms with van der Waals surface area (Å²) in [7, 11) is 0. The Kier molecular flexibility index (Phi) is 4.89. The van der Waals surface area contributed by atoms with E-state index in [1.807, 2.05) is 6.92 Å². The van der Waals surface area contributed by atoms with E-state index < -0.39 is 11.9 Å². The van der Waals surface area contributed by atoms with Gasteiger partial charge in [0, 0.05) is 11.1 Å². The molecule has 1 aromatic rings. The van der Waals surface area contributed by atoms with E-state index in [0.717, 1.165) is 24.8 Å². The summed E-state index contributed by atoms with van der Waals surface area (Å²) < 4.78 is 0. The van der Waals surface area contributed by atoms with Crippen molar-refractivity contribution in [2.24, 2.45) is 0 Å². The molecule has 0 aliphatic rings. The molecular weight excluding hydrogens is 232 g/mol. The number of aromatic carboxylic acids is 2. The molecule has 0 aliphatic carbocycles. The lowest BCUT2D eigenvalue weighted by atomic mass is 9.91. The lowest BCUT2D eigenvalue weighted by Crippen LogP contribution is -2.31. The van der Waals surface area contributed by atoms with Crippen LogP contribution in [0.5, 0.6) is 0 Å². The van der Waals surface area contributed by atoms with Crippen LogP contribution in [0.4, 0.5) is 0 Å². The molecule has 18 heavy (non-hydrogen) atoms. The van der Waals surface area contributed by atoms with Gasteiger partial charge in [-0.25, -0.2) is 0 Å². The fraction of sp³-hybridized carbons (Fsp3) is 0.429. The molecule has 98 valence electrons. The van der Waals surface area contributed by atoms with Crippen LogP contribution < -0.4 is 10.2 Å². The molecule has 0 bridgehead atoms. The summed E-state index contributed by atoms with van der Waals surface area (Å²) in [6.07, 6.45) is 3.13. The van der Waals surface area contributed by atoms with Gasteiger partial charge in [0.1, 0.15) is 0 Å². The van der Waals surface area contributed by atoms with Gasteiger partial charge in [-0.3, -0.25) is 0 Å². The summed E-state index contributed by atoms with van der Waals surface area (Å²) in [6, 6.07) is 2.97. The highest BCUT2D eigenvalue weighted by molar-refractivity contribution is 6.01. The Morgan fingerprint density at radius 3 is 2.22 bits per heavy atom. The second kappa shape index (κ2) is 6.19. The summed E-state index contributed by atoms with van der Waals surface area (Å²) in [5.41, 5.74) is 0.895. The molecule has 0 heterocycles. The SMILES string of the molecule is CCCCc1ccc(C(=O)[O-])c(C(=O)[O-])c1CC. The number of hydrogen-bond acceptors (Lipinski definition) is 4. The molecular formula is C14H16O4-2. The molecule has 0 aliphatic heterocycles. The highest BCUT2D eigenvalue weighted by Crippen LogP contribution is 2.21. The van der Waals surface area contributed by atoms with Crippen LogP contribution in [0.3, 0.4) is 0 Å². The normalized spacial score (nSPS) is 10.3. The monoisotopic (exact) mass is 248 g/mol. The van der Waals surface area contributed by atoms with Crippen molar-refractivity contribution >= 4 is 11.9 Å². The van der Waals surface area contributed by atoms with Crippen LogP contribution in [0, 0.1) is 0 Å². The average molecular weight is 248 g/mol. The fourth-order valence-corrected chi connectivity index (χ4v) is 2.10. The number of aryl methyl sites for hydroxylation is 1. The van der Waals surface area contributed by atoms with Crippen LogP contribution in [-0.2, 0) is 12.8 Å². The highest BCUT2D eigenvalue weighted by atomic mass is 16.4. The highest BCUT2D eigenvalue weighted by Gasteiger charge is 2.13. The molecule has 0 radical (unpaired) electrons. The van der Waals surface area contributed by atoms with Gasteiger partial charge >= 0.3 is 0 Å². The van der Waals surface area contributed by atoms with E-state index in [1.54, 1.807) is 13.0 Å².